The topological polar surface area (TPSA) is 29.9 Å². The maximum absolute atomic E-state index is 13.8. The van der Waals surface area contributed by atoms with Gasteiger partial charge in [0.05, 0.1) is 17.8 Å². The molecule has 0 saturated carbocycles. The highest BCUT2D eigenvalue weighted by Gasteiger charge is 2.12. The van der Waals surface area contributed by atoms with Gasteiger partial charge in [-0.05, 0) is 43.4 Å². The Labute approximate surface area is 120 Å². The number of nitrogens with one attached hydrogen (secondary N) is 1. The summed E-state index contributed by atoms with van der Waals surface area (Å²) in [6, 6.07) is 12.5. The lowest BCUT2D eigenvalue weighted by Crippen LogP contribution is -2.00. The minimum absolute atomic E-state index is 0.318. The molecule has 0 amide bonds. The second-order valence-electron chi connectivity index (χ2n) is 4.30. The van der Waals surface area contributed by atoms with E-state index in [9.17, 15) is 4.39 Å². The van der Waals surface area contributed by atoms with Crippen molar-refractivity contribution in [3.63, 3.8) is 0 Å². The third kappa shape index (κ3) is 2.00. The fourth-order valence-corrected chi connectivity index (χ4v) is 2.55. The predicted molar refractivity (Wildman–Crippen MR) is 79.6 cm³/mol. The van der Waals surface area contributed by atoms with Crippen molar-refractivity contribution >= 4 is 23.3 Å². The Bertz CT molecular complexity index is 822. The number of H-pyrrole nitrogens is 1. The number of ether oxygens (including phenoxy) is 1. The molecule has 0 aliphatic heterocycles. The summed E-state index contributed by atoms with van der Waals surface area (Å²) in [5.74, 6) is 0.400. The van der Waals surface area contributed by atoms with Crippen LogP contribution in [0.1, 0.15) is 6.92 Å². The van der Waals surface area contributed by atoms with E-state index in [4.69, 9.17) is 17.0 Å². The molecule has 0 saturated heterocycles. The highest BCUT2D eigenvalue weighted by Crippen LogP contribution is 2.28. The molecule has 0 atom stereocenters. The van der Waals surface area contributed by atoms with E-state index in [1.54, 1.807) is 10.6 Å². The van der Waals surface area contributed by atoms with Gasteiger partial charge < -0.3 is 9.72 Å². The molecule has 1 N–H and O–H groups in total. The van der Waals surface area contributed by atoms with Crippen LogP contribution in [0.15, 0.2) is 42.5 Å². The van der Waals surface area contributed by atoms with Gasteiger partial charge in [0.25, 0.3) is 0 Å². The Kier molecular flexibility index (Phi) is 3.28. The second kappa shape index (κ2) is 5.09. The monoisotopic (exact) mass is 288 g/mol. The van der Waals surface area contributed by atoms with Gasteiger partial charge in [0.1, 0.15) is 17.1 Å². The Balaban J connectivity index is 2.33. The molecule has 1 aromatic heterocycles. The van der Waals surface area contributed by atoms with Crippen molar-refractivity contribution < 1.29 is 9.13 Å². The van der Waals surface area contributed by atoms with Crippen molar-refractivity contribution in [2.75, 3.05) is 6.61 Å². The summed E-state index contributed by atoms with van der Waals surface area (Å²) in [6.07, 6.45) is 0. The number of nitrogens with zero attached hydrogens (tertiary/aromatic N) is 1. The zero-order valence-electron chi connectivity index (χ0n) is 10.9. The summed E-state index contributed by atoms with van der Waals surface area (Å²) in [4.78, 5) is 2.91. The lowest BCUT2D eigenvalue weighted by molar-refractivity contribution is 0.339. The molecule has 3 rings (SSSR count). The smallest absolute Gasteiger partial charge is 0.182 e. The van der Waals surface area contributed by atoms with Gasteiger partial charge in [-0.3, -0.25) is 4.57 Å². The van der Waals surface area contributed by atoms with Crippen LogP contribution >= 0.6 is 12.2 Å². The third-order valence-corrected chi connectivity index (χ3v) is 3.36. The average molecular weight is 288 g/mol. The second-order valence-corrected chi connectivity index (χ2v) is 4.69. The molecular weight excluding hydrogens is 275 g/mol. The quantitative estimate of drug-likeness (QED) is 0.731. The zero-order valence-corrected chi connectivity index (χ0v) is 11.7. The molecule has 2 aromatic carbocycles. The SMILES string of the molecule is CCOc1ccccc1-n1c(=S)[nH]c2c(F)cccc21. The molecule has 5 heteroatoms. The van der Waals surface area contributed by atoms with Crippen molar-refractivity contribution in [1.82, 2.24) is 9.55 Å². The number of hydrogen-bond acceptors (Lipinski definition) is 2. The fourth-order valence-electron chi connectivity index (χ4n) is 2.25. The van der Waals surface area contributed by atoms with Crippen LogP contribution in [-0.2, 0) is 0 Å². The number of para-hydroxylation sites is 3. The minimum Gasteiger partial charge on any atom is -0.492 e. The molecule has 0 spiro atoms. The van der Waals surface area contributed by atoms with E-state index in [1.165, 1.54) is 6.07 Å². The van der Waals surface area contributed by atoms with Crippen LogP contribution in [0.3, 0.4) is 0 Å². The van der Waals surface area contributed by atoms with Gasteiger partial charge in [0.2, 0.25) is 0 Å². The van der Waals surface area contributed by atoms with E-state index in [1.807, 2.05) is 37.3 Å². The summed E-state index contributed by atoms with van der Waals surface area (Å²) in [6.45, 7) is 2.48. The fraction of sp³-hybridized carbons (Fsp3) is 0.133. The Morgan fingerprint density at radius 3 is 2.80 bits per heavy atom. The van der Waals surface area contributed by atoms with Crippen LogP contribution in [0.5, 0.6) is 5.75 Å². The van der Waals surface area contributed by atoms with E-state index < -0.39 is 0 Å². The number of hydrogen-bond donors (Lipinski definition) is 1. The van der Waals surface area contributed by atoms with Gasteiger partial charge >= 0.3 is 0 Å². The number of imidazole rings is 1. The van der Waals surface area contributed by atoms with E-state index >= 15 is 0 Å². The van der Waals surface area contributed by atoms with Crippen molar-refractivity contribution in [3.05, 3.63) is 53.1 Å². The first-order chi connectivity index (χ1) is 9.72. The van der Waals surface area contributed by atoms with Crippen LogP contribution in [0.25, 0.3) is 16.7 Å². The van der Waals surface area contributed by atoms with Crippen LogP contribution in [-0.4, -0.2) is 16.2 Å². The molecule has 0 aliphatic rings. The Hall–Kier alpha value is -2.14. The van der Waals surface area contributed by atoms with E-state index in [-0.39, 0.29) is 5.82 Å². The number of rotatable bonds is 3. The van der Waals surface area contributed by atoms with Gasteiger partial charge in [-0.1, -0.05) is 18.2 Å². The molecule has 0 fully saturated rings. The lowest BCUT2D eigenvalue weighted by atomic mass is 10.2. The molecule has 0 bridgehead atoms. The van der Waals surface area contributed by atoms with Gasteiger partial charge in [0.15, 0.2) is 4.77 Å². The Morgan fingerprint density at radius 2 is 2.00 bits per heavy atom. The predicted octanol–water partition coefficient (Wildman–Crippen LogP) is 4.23. The maximum atomic E-state index is 13.8. The normalized spacial score (nSPS) is 10.9. The van der Waals surface area contributed by atoms with Gasteiger partial charge in [-0.2, -0.15) is 0 Å². The number of halogens is 1. The minimum atomic E-state index is -0.318. The van der Waals surface area contributed by atoms with Crippen LogP contribution < -0.4 is 4.74 Å². The summed E-state index contributed by atoms with van der Waals surface area (Å²) in [7, 11) is 0. The summed E-state index contributed by atoms with van der Waals surface area (Å²) >= 11 is 5.32. The van der Waals surface area contributed by atoms with Crippen LogP contribution in [0, 0.1) is 10.6 Å². The number of aromatic amines is 1. The summed E-state index contributed by atoms with van der Waals surface area (Å²) < 4.78 is 21.7. The molecule has 0 radical (unpaired) electrons. The molecule has 1 heterocycles. The Morgan fingerprint density at radius 1 is 1.20 bits per heavy atom. The van der Waals surface area contributed by atoms with Gasteiger partial charge in [0, 0.05) is 0 Å². The molecule has 0 aliphatic carbocycles. The maximum Gasteiger partial charge on any atom is 0.182 e. The summed E-state index contributed by atoms with van der Waals surface area (Å²) in [5, 5.41) is 0. The number of fused-ring (bicyclic) bond motifs is 1. The van der Waals surface area contributed by atoms with E-state index in [0.29, 0.717) is 22.4 Å². The lowest BCUT2D eigenvalue weighted by Gasteiger charge is -2.11. The van der Waals surface area contributed by atoms with Crippen molar-refractivity contribution in [1.29, 1.82) is 0 Å². The van der Waals surface area contributed by atoms with Gasteiger partial charge in [-0.25, -0.2) is 4.39 Å². The molecule has 102 valence electrons. The van der Waals surface area contributed by atoms with Crippen LogP contribution in [0.4, 0.5) is 4.39 Å². The van der Waals surface area contributed by atoms with Crippen molar-refractivity contribution in [2.45, 2.75) is 6.92 Å². The summed E-state index contributed by atoms with van der Waals surface area (Å²) in [5.41, 5.74) is 1.90. The first kappa shape index (κ1) is 12.9. The third-order valence-electron chi connectivity index (χ3n) is 3.07. The van der Waals surface area contributed by atoms with Gasteiger partial charge in [-0.15, -0.1) is 0 Å². The standard InChI is InChI=1S/C15H13FN2OS/c1-2-19-13-9-4-3-7-11(13)18-12-8-5-6-10(16)14(12)17-15(18)20/h3-9H,2H2,1H3,(H,17,20). The average Bonchev–Trinajstić information content (AvgIpc) is 2.78. The molecule has 3 nitrogen and oxygen atoms in total. The molecule has 3 aromatic rings. The van der Waals surface area contributed by atoms with Crippen molar-refractivity contribution in [2.24, 2.45) is 0 Å². The molecule has 20 heavy (non-hydrogen) atoms. The zero-order chi connectivity index (χ0) is 14.1. The van der Waals surface area contributed by atoms with E-state index in [2.05, 4.69) is 4.98 Å². The highest BCUT2D eigenvalue weighted by molar-refractivity contribution is 7.71. The molecular formula is C15H13FN2OS. The number of aromatic nitrogens is 2. The van der Waals surface area contributed by atoms with E-state index in [0.717, 1.165) is 11.4 Å². The first-order valence-corrected chi connectivity index (χ1v) is 6.74. The van der Waals surface area contributed by atoms with Crippen molar-refractivity contribution in [3.8, 4) is 11.4 Å². The van der Waals surface area contributed by atoms with Crippen LogP contribution in [0.2, 0.25) is 0 Å². The molecule has 0 unspecified atom stereocenters. The highest BCUT2D eigenvalue weighted by atomic mass is 32.1. The largest absolute Gasteiger partial charge is 0.492 e. The first-order valence-electron chi connectivity index (χ1n) is 6.34. The number of benzene rings is 2.